The number of nitriles is 3. The van der Waals surface area contributed by atoms with E-state index in [-0.39, 0.29) is 19.8 Å². The number of nitrogens with zero attached hydrogens (tertiary/aromatic N) is 10. The number of aliphatic hydroxyl groups is 2. The number of hydrogen-bond donors (Lipinski definition) is 2. The van der Waals surface area contributed by atoms with Crippen LogP contribution in [0.15, 0.2) is 152 Å². The van der Waals surface area contributed by atoms with Crippen LogP contribution in [0.3, 0.4) is 0 Å². The number of esters is 1. The Hall–Kier alpha value is -7.70. The smallest absolute Gasteiger partial charge is 0.333 e. The zero-order chi connectivity index (χ0) is 41.9. The molecule has 14 heteroatoms. The second kappa shape index (κ2) is 22.0. The zero-order valence-corrected chi connectivity index (χ0v) is 32.2. The van der Waals surface area contributed by atoms with Crippen LogP contribution in [0.4, 0.5) is 39.8 Å². The minimum absolute atomic E-state index is 0.105. The van der Waals surface area contributed by atoms with Crippen molar-refractivity contribution in [2.45, 2.75) is 26.9 Å². The normalized spacial score (nSPS) is 11.3. The summed E-state index contributed by atoms with van der Waals surface area (Å²) in [6.45, 7) is 9.10. The summed E-state index contributed by atoms with van der Waals surface area (Å²) in [7, 11) is 0. The van der Waals surface area contributed by atoms with Crippen LogP contribution >= 0.6 is 0 Å². The molecule has 5 rings (SSSR count). The molecule has 0 heterocycles. The summed E-state index contributed by atoms with van der Waals surface area (Å²) in [6.07, 6.45) is -0.948. The fraction of sp³-hybridized carbons (Fsp3) is 0.182. The Kier molecular flexibility index (Phi) is 16.3. The van der Waals surface area contributed by atoms with E-state index in [2.05, 4.69) is 49.4 Å². The van der Waals surface area contributed by atoms with Gasteiger partial charge in [0.2, 0.25) is 0 Å². The molecule has 290 valence electrons. The first-order chi connectivity index (χ1) is 28.0. The van der Waals surface area contributed by atoms with Crippen molar-refractivity contribution in [1.29, 1.82) is 15.8 Å². The van der Waals surface area contributed by atoms with E-state index in [0.717, 1.165) is 16.8 Å². The van der Waals surface area contributed by atoms with E-state index in [4.69, 9.17) is 20.5 Å². The fourth-order valence-electron chi connectivity index (χ4n) is 4.94. The summed E-state index contributed by atoms with van der Waals surface area (Å²) in [5.74, 6) is -0.480. The molecule has 2 N–H and O–H groups in total. The van der Waals surface area contributed by atoms with Gasteiger partial charge in [-0.2, -0.15) is 46.5 Å². The van der Waals surface area contributed by atoms with E-state index in [1.54, 1.807) is 85.8 Å². The maximum atomic E-state index is 11.7. The van der Waals surface area contributed by atoms with E-state index in [0.29, 0.717) is 62.9 Å². The van der Waals surface area contributed by atoms with Crippen LogP contribution in [-0.2, 0) is 9.53 Å². The number of benzene rings is 5. The maximum absolute atomic E-state index is 11.7. The van der Waals surface area contributed by atoms with Gasteiger partial charge in [0.05, 0.1) is 88.3 Å². The van der Waals surface area contributed by atoms with Gasteiger partial charge in [0, 0.05) is 17.8 Å². The molecule has 14 nitrogen and oxygen atoms in total. The highest BCUT2D eigenvalue weighted by atomic mass is 16.5. The van der Waals surface area contributed by atoms with Crippen LogP contribution in [0.5, 0.6) is 0 Å². The highest BCUT2D eigenvalue weighted by Crippen LogP contribution is 2.28. The van der Waals surface area contributed by atoms with Crippen molar-refractivity contribution in [2.24, 2.45) is 30.7 Å². The number of azo groups is 3. The van der Waals surface area contributed by atoms with Crippen molar-refractivity contribution in [3.05, 3.63) is 149 Å². The van der Waals surface area contributed by atoms with E-state index < -0.39 is 12.1 Å². The van der Waals surface area contributed by atoms with Crippen molar-refractivity contribution < 1.29 is 19.7 Å². The fourth-order valence-corrected chi connectivity index (χ4v) is 4.94. The topological polar surface area (TPSA) is 216 Å². The molecular weight excluding hydrogens is 733 g/mol. The number of carbonyl (C=O) groups is 1. The standard InChI is InChI=1S/C29H30N6O4.C15H10N4/c1-20(2)29(38)39-15-14-35(18-27(37)19-36)26-11-8-24(9-12-26)32-34-28-13-10-25(16-21(28)3)33-31-23-6-4-22(17-30)5-7-23;1-11-8-15(7-4-13(11)10-17)19-18-14-5-2-12(9-16)3-6-14/h4-13,16,27,36-37H,1,14-15,18-19H2,2-3H3;2-8H,1H3. The lowest BCUT2D eigenvalue weighted by Crippen LogP contribution is -2.37. The summed E-state index contributed by atoms with van der Waals surface area (Å²) in [5.41, 5.74) is 8.61. The minimum atomic E-state index is -0.948. The molecule has 0 bridgehead atoms. The lowest BCUT2D eigenvalue weighted by atomic mass is 10.1. The first kappa shape index (κ1) is 43.0. The Morgan fingerprint density at radius 2 is 1.16 bits per heavy atom. The molecule has 0 spiro atoms. The van der Waals surface area contributed by atoms with Crippen molar-refractivity contribution in [3.63, 3.8) is 0 Å². The SMILES string of the molecule is C=C(C)C(=O)OCCN(CC(O)CO)c1ccc(N=Nc2ccc(N=Nc3ccc(C#N)cc3)cc2C)cc1.Cc1cc(N=Nc2ccc(C#N)cc2)ccc1C#N. The second-order valence-corrected chi connectivity index (χ2v) is 12.7. The van der Waals surface area contributed by atoms with Crippen LogP contribution in [0.1, 0.15) is 34.7 Å². The first-order valence-electron chi connectivity index (χ1n) is 17.9. The van der Waals surface area contributed by atoms with Crippen LogP contribution in [0.2, 0.25) is 0 Å². The van der Waals surface area contributed by atoms with Gasteiger partial charge in [0.1, 0.15) is 6.61 Å². The summed E-state index contributed by atoms with van der Waals surface area (Å²) in [5, 5.41) is 70.9. The van der Waals surface area contributed by atoms with Gasteiger partial charge in [-0.15, -0.1) is 0 Å². The number of anilines is 1. The minimum Gasteiger partial charge on any atom is -0.460 e. The van der Waals surface area contributed by atoms with Gasteiger partial charge in [-0.3, -0.25) is 0 Å². The lowest BCUT2D eigenvalue weighted by Gasteiger charge is -2.26. The van der Waals surface area contributed by atoms with Gasteiger partial charge in [-0.1, -0.05) is 6.58 Å². The third-order valence-electron chi connectivity index (χ3n) is 8.14. The quantitative estimate of drug-likeness (QED) is 0.0627. The van der Waals surface area contributed by atoms with Crippen LogP contribution in [0.25, 0.3) is 0 Å². The summed E-state index contributed by atoms with van der Waals surface area (Å²) < 4.78 is 5.17. The molecule has 0 saturated heterocycles. The van der Waals surface area contributed by atoms with Crippen LogP contribution < -0.4 is 4.90 Å². The van der Waals surface area contributed by atoms with Crippen molar-refractivity contribution >= 4 is 45.8 Å². The van der Waals surface area contributed by atoms with E-state index in [1.807, 2.05) is 55.1 Å². The Morgan fingerprint density at radius 3 is 1.62 bits per heavy atom. The number of aliphatic hydroxyl groups excluding tert-OH is 2. The second-order valence-electron chi connectivity index (χ2n) is 12.7. The molecule has 0 aliphatic rings. The van der Waals surface area contributed by atoms with Gasteiger partial charge in [-0.25, -0.2) is 4.79 Å². The average Bonchev–Trinajstić information content (AvgIpc) is 3.24. The van der Waals surface area contributed by atoms with Crippen molar-refractivity contribution in [2.75, 3.05) is 31.2 Å². The molecule has 0 radical (unpaired) electrons. The van der Waals surface area contributed by atoms with Crippen molar-refractivity contribution in [1.82, 2.24) is 0 Å². The molecule has 0 amide bonds. The Balaban J connectivity index is 0.000000326. The number of rotatable bonds is 14. The lowest BCUT2D eigenvalue weighted by molar-refractivity contribution is -0.138. The van der Waals surface area contributed by atoms with Crippen molar-refractivity contribution in [3.8, 4) is 18.2 Å². The van der Waals surface area contributed by atoms with Gasteiger partial charge >= 0.3 is 5.97 Å². The summed E-state index contributed by atoms with van der Waals surface area (Å²) in [6, 6.07) is 37.9. The number of ether oxygens (including phenoxy) is 1. The molecule has 0 fully saturated rings. The Labute approximate surface area is 336 Å². The molecule has 1 unspecified atom stereocenters. The van der Waals surface area contributed by atoms with E-state index in [1.165, 1.54) is 0 Å². The molecule has 58 heavy (non-hydrogen) atoms. The monoisotopic (exact) mass is 772 g/mol. The molecule has 5 aromatic rings. The Morgan fingerprint density at radius 1 is 0.690 bits per heavy atom. The highest BCUT2D eigenvalue weighted by molar-refractivity contribution is 5.86. The molecule has 0 saturated carbocycles. The number of aryl methyl sites for hydroxylation is 2. The first-order valence-corrected chi connectivity index (χ1v) is 17.9. The summed E-state index contributed by atoms with van der Waals surface area (Å²) in [4.78, 5) is 13.5. The molecule has 1 atom stereocenters. The Bertz CT molecular complexity index is 2410. The van der Waals surface area contributed by atoms with Gasteiger partial charge < -0.3 is 19.8 Å². The largest absolute Gasteiger partial charge is 0.460 e. The van der Waals surface area contributed by atoms with Crippen LogP contribution in [0, 0.1) is 47.8 Å². The van der Waals surface area contributed by atoms with E-state index >= 15 is 0 Å². The zero-order valence-electron chi connectivity index (χ0n) is 32.2. The third kappa shape index (κ3) is 13.6. The molecule has 0 aromatic heterocycles. The molecule has 0 aliphatic carbocycles. The average molecular weight is 773 g/mol. The molecule has 0 aliphatic heterocycles. The molecule has 5 aromatic carbocycles. The number of hydrogen-bond acceptors (Lipinski definition) is 14. The van der Waals surface area contributed by atoms with Crippen LogP contribution in [-0.4, -0.2) is 48.6 Å². The predicted molar refractivity (Wildman–Crippen MR) is 219 cm³/mol. The van der Waals surface area contributed by atoms with Gasteiger partial charge in [0.15, 0.2) is 0 Å². The predicted octanol–water partition coefficient (Wildman–Crippen LogP) is 10.1. The summed E-state index contributed by atoms with van der Waals surface area (Å²) >= 11 is 0. The highest BCUT2D eigenvalue weighted by Gasteiger charge is 2.14. The van der Waals surface area contributed by atoms with Gasteiger partial charge in [0.25, 0.3) is 0 Å². The number of carbonyl (C=O) groups excluding carboxylic acids is 1. The van der Waals surface area contributed by atoms with Gasteiger partial charge in [-0.05, 0) is 141 Å². The maximum Gasteiger partial charge on any atom is 0.333 e. The third-order valence-corrected chi connectivity index (χ3v) is 8.14. The molecular formula is C44H40N10O4. The van der Waals surface area contributed by atoms with E-state index in [9.17, 15) is 15.0 Å².